The molecule has 3 N–H and O–H groups in total. The van der Waals surface area contributed by atoms with E-state index in [1.165, 1.54) is 0 Å². The molecule has 0 spiro atoms. The molecule has 0 amide bonds. The third-order valence-corrected chi connectivity index (χ3v) is 3.32. The van der Waals surface area contributed by atoms with E-state index >= 15 is 0 Å². The van der Waals surface area contributed by atoms with Crippen molar-refractivity contribution < 1.29 is 9.84 Å². The maximum absolute atomic E-state index is 10.1. The molecule has 0 radical (unpaired) electrons. The zero-order valence-corrected chi connectivity index (χ0v) is 11.3. The van der Waals surface area contributed by atoms with Crippen molar-refractivity contribution in [3.05, 3.63) is 28.8 Å². The van der Waals surface area contributed by atoms with Gasteiger partial charge in [-0.3, -0.25) is 0 Å². The van der Waals surface area contributed by atoms with E-state index in [4.69, 9.17) is 22.1 Å². The predicted molar refractivity (Wildman–Crippen MR) is 70.3 cm³/mol. The smallest absolute Gasteiger partial charge is 0.142 e. The molecule has 0 aromatic heterocycles. The van der Waals surface area contributed by atoms with Gasteiger partial charge in [0, 0.05) is 12.1 Å². The Labute approximate surface area is 108 Å². The van der Waals surface area contributed by atoms with Crippen LogP contribution in [0.4, 0.5) is 0 Å². The fourth-order valence-electron chi connectivity index (χ4n) is 1.26. The first kappa shape index (κ1) is 14.3. The Hall–Kier alpha value is -0.770. The molecule has 0 saturated carbocycles. The lowest BCUT2D eigenvalue weighted by atomic mass is 9.94. The Morgan fingerprint density at radius 2 is 2.12 bits per heavy atom. The molecule has 0 fully saturated rings. The van der Waals surface area contributed by atoms with Crippen molar-refractivity contribution in [2.75, 3.05) is 6.61 Å². The molecule has 96 valence electrons. The van der Waals surface area contributed by atoms with Crippen molar-refractivity contribution in [1.29, 1.82) is 0 Å². The van der Waals surface area contributed by atoms with E-state index in [1.54, 1.807) is 13.0 Å². The lowest BCUT2D eigenvalue weighted by Gasteiger charge is -2.28. The Morgan fingerprint density at radius 1 is 1.47 bits per heavy atom. The minimum absolute atomic E-state index is 0.103. The van der Waals surface area contributed by atoms with E-state index in [0.717, 1.165) is 5.56 Å². The zero-order valence-electron chi connectivity index (χ0n) is 10.5. The molecule has 0 saturated heterocycles. The summed E-state index contributed by atoms with van der Waals surface area (Å²) in [7, 11) is 0. The number of rotatable bonds is 5. The van der Waals surface area contributed by atoms with Crippen LogP contribution in [0.1, 0.15) is 26.3 Å². The van der Waals surface area contributed by atoms with Crippen LogP contribution in [0.2, 0.25) is 5.02 Å². The van der Waals surface area contributed by atoms with Gasteiger partial charge in [-0.15, -0.1) is 0 Å². The van der Waals surface area contributed by atoms with Gasteiger partial charge in [-0.05, 0) is 18.9 Å². The van der Waals surface area contributed by atoms with Crippen LogP contribution in [0.5, 0.6) is 5.75 Å². The number of hydrogen-bond acceptors (Lipinski definition) is 3. The average Bonchev–Trinajstić information content (AvgIpc) is 2.26. The Bertz CT molecular complexity index is 378. The summed E-state index contributed by atoms with van der Waals surface area (Å²) in [6, 6.07) is 5.45. The van der Waals surface area contributed by atoms with E-state index in [9.17, 15) is 5.11 Å². The van der Waals surface area contributed by atoms with Gasteiger partial charge in [-0.2, -0.15) is 0 Å². The molecule has 3 nitrogen and oxygen atoms in total. The van der Waals surface area contributed by atoms with E-state index in [0.29, 0.717) is 17.3 Å². The molecule has 17 heavy (non-hydrogen) atoms. The summed E-state index contributed by atoms with van der Waals surface area (Å²) in [4.78, 5) is 0. The highest BCUT2D eigenvalue weighted by molar-refractivity contribution is 6.32. The van der Waals surface area contributed by atoms with E-state index in [2.05, 4.69) is 0 Å². The third kappa shape index (κ3) is 3.60. The van der Waals surface area contributed by atoms with Gasteiger partial charge in [0.1, 0.15) is 12.4 Å². The molecule has 0 heterocycles. The van der Waals surface area contributed by atoms with Crippen molar-refractivity contribution in [1.82, 2.24) is 0 Å². The first-order chi connectivity index (χ1) is 7.88. The largest absolute Gasteiger partial charge is 0.489 e. The quantitative estimate of drug-likeness (QED) is 0.853. The van der Waals surface area contributed by atoms with Crippen LogP contribution in [0.15, 0.2) is 18.2 Å². The Kier molecular flexibility index (Phi) is 4.80. The number of aliphatic hydroxyl groups is 1. The summed E-state index contributed by atoms with van der Waals surface area (Å²) in [5, 5.41) is 10.6. The monoisotopic (exact) mass is 257 g/mol. The molecule has 0 bridgehead atoms. The number of benzene rings is 1. The number of hydrogen-bond donors (Lipinski definition) is 2. The van der Waals surface area contributed by atoms with Gasteiger partial charge in [0.2, 0.25) is 0 Å². The van der Waals surface area contributed by atoms with E-state index in [-0.39, 0.29) is 12.5 Å². The van der Waals surface area contributed by atoms with E-state index < -0.39 is 5.60 Å². The molecular formula is C13H20ClNO2. The number of ether oxygens (including phenoxy) is 1. The highest BCUT2D eigenvalue weighted by Crippen LogP contribution is 2.29. The zero-order chi connectivity index (χ0) is 13.1. The maximum atomic E-state index is 10.1. The number of nitrogens with two attached hydrogens (primary N) is 1. The molecule has 1 aromatic carbocycles. The predicted octanol–water partition coefficient (Wildman–Crippen LogP) is 2.58. The summed E-state index contributed by atoms with van der Waals surface area (Å²) in [5.74, 6) is 0.670. The molecule has 1 rings (SSSR count). The Morgan fingerprint density at radius 3 is 2.65 bits per heavy atom. The molecule has 4 heteroatoms. The molecule has 1 aromatic rings. The van der Waals surface area contributed by atoms with Crippen LogP contribution in [0.3, 0.4) is 0 Å². The number of para-hydroxylation sites is 1. The second kappa shape index (κ2) is 5.71. The lowest BCUT2D eigenvalue weighted by Crippen LogP contribution is -2.38. The molecule has 1 unspecified atom stereocenters. The molecule has 0 aliphatic rings. The minimum atomic E-state index is -0.884. The van der Waals surface area contributed by atoms with Crippen LogP contribution in [-0.2, 0) is 6.54 Å². The fourth-order valence-corrected chi connectivity index (χ4v) is 1.51. The molecule has 0 aliphatic heterocycles. The second-order valence-corrected chi connectivity index (χ2v) is 5.14. The van der Waals surface area contributed by atoms with Gasteiger partial charge in [0.15, 0.2) is 0 Å². The van der Waals surface area contributed by atoms with Crippen molar-refractivity contribution >= 4 is 11.6 Å². The fraction of sp³-hybridized carbons (Fsp3) is 0.538. The molecular weight excluding hydrogens is 238 g/mol. The third-order valence-electron chi connectivity index (χ3n) is 3.02. The summed E-state index contributed by atoms with van der Waals surface area (Å²) < 4.78 is 5.62. The standard InChI is InChI=1S/C13H20ClNO2/c1-9(2)13(3,16)8-17-12-10(7-15)5-4-6-11(12)14/h4-6,9,16H,7-8,15H2,1-3H3. The summed E-state index contributed by atoms with van der Waals surface area (Å²) in [5.41, 5.74) is 5.58. The van der Waals surface area contributed by atoms with Crippen molar-refractivity contribution in [3.8, 4) is 5.75 Å². The van der Waals surface area contributed by atoms with Crippen LogP contribution in [0, 0.1) is 5.92 Å². The second-order valence-electron chi connectivity index (χ2n) is 4.73. The van der Waals surface area contributed by atoms with Gasteiger partial charge >= 0.3 is 0 Å². The highest BCUT2D eigenvalue weighted by atomic mass is 35.5. The Balaban J connectivity index is 2.82. The van der Waals surface area contributed by atoms with Gasteiger partial charge in [-0.25, -0.2) is 0 Å². The SMILES string of the molecule is CC(C)C(C)(O)COc1c(Cl)cccc1CN. The van der Waals surface area contributed by atoms with Crippen LogP contribution in [-0.4, -0.2) is 17.3 Å². The molecule has 0 aliphatic carbocycles. The van der Waals surface area contributed by atoms with Crippen LogP contribution < -0.4 is 10.5 Å². The number of halogens is 1. The molecule has 1 atom stereocenters. The van der Waals surface area contributed by atoms with Crippen molar-refractivity contribution in [2.24, 2.45) is 11.7 Å². The van der Waals surface area contributed by atoms with Crippen molar-refractivity contribution in [2.45, 2.75) is 32.9 Å². The van der Waals surface area contributed by atoms with Gasteiger partial charge < -0.3 is 15.6 Å². The summed E-state index contributed by atoms with van der Waals surface area (Å²) >= 11 is 6.05. The van der Waals surface area contributed by atoms with Gasteiger partial charge in [-0.1, -0.05) is 37.6 Å². The van der Waals surface area contributed by atoms with Crippen LogP contribution in [0.25, 0.3) is 0 Å². The first-order valence-corrected chi connectivity index (χ1v) is 6.09. The van der Waals surface area contributed by atoms with Crippen molar-refractivity contribution in [3.63, 3.8) is 0 Å². The maximum Gasteiger partial charge on any atom is 0.142 e. The average molecular weight is 258 g/mol. The minimum Gasteiger partial charge on any atom is -0.489 e. The normalized spacial score (nSPS) is 14.8. The lowest BCUT2D eigenvalue weighted by molar-refractivity contribution is -0.0268. The van der Waals surface area contributed by atoms with E-state index in [1.807, 2.05) is 26.0 Å². The first-order valence-electron chi connectivity index (χ1n) is 5.71. The summed E-state index contributed by atoms with van der Waals surface area (Å²) in [6.45, 7) is 6.19. The topological polar surface area (TPSA) is 55.5 Å². The summed E-state index contributed by atoms with van der Waals surface area (Å²) in [6.07, 6.45) is 0. The van der Waals surface area contributed by atoms with Gasteiger partial charge in [0.25, 0.3) is 0 Å². The highest BCUT2D eigenvalue weighted by Gasteiger charge is 2.26. The van der Waals surface area contributed by atoms with Crippen LogP contribution >= 0.6 is 11.6 Å². The van der Waals surface area contributed by atoms with Gasteiger partial charge in [0.05, 0.1) is 10.6 Å².